The molecule has 0 radical (unpaired) electrons. The monoisotopic (exact) mass is 381 g/mol. The van der Waals surface area contributed by atoms with Crippen molar-refractivity contribution >= 4 is 15.8 Å². The van der Waals surface area contributed by atoms with Crippen LogP contribution in [0.25, 0.3) is 0 Å². The zero-order valence-electron chi connectivity index (χ0n) is 15.3. The van der Waals surface area contributed by atoms with Crippen molar-refractivity contribution in [1.29, 1.82) is 0 Å². The molecule has 1 heterocycles. The van der Waals surface area contributed by atoms with Crippen molar-refractivity contribution in [3.63, 3.8) is 0 Å². The number of sulfonamides is 1. The number of carbonyl (C=O) groups excluding carboxylic acids is 1. The van der Waals surface area contributed by atoms with E-state index in [9.17, 15) is 13.2 Å². The Morgan fingerprint density at radius 3 is 2.44 bits per heavy atom. The molecule has 0 spiro atoms. The first-order chi connectivity index (χ1) is 13.0. The number of allylic oxidation sites excluding steroid dienone is 1. The molecule has 4 nitrogen and oxygen atoms in total. The first-order valence-electron chi connectivity index (χ1n) is 9.33. The van der Waals surface area contributed by atoms with E-state index in [4.69, 9.17) is 0 Å². The highest BCUT2D eigenvalue weighted by Gasteiger charge is 2.49. The van der Waals surface area contributed by atoms with Crippen LogP contribution >= 0.6 is 0 Å². The molecule has 5 heteroatoms. The van der Waals surface area contributed by atoms with Gasteiger partial charge >= 0.3 is 0 Å². The van der Waals surface area contributed by atoms with Gasteiger partial charge in [-0.3, -0.25) is 4.79 Å². The van der Waals surface area contributed by atoms with Gasteiger partial charge in [-0.2, -0.15) is 4.31 Å². The minimum atomic E-state index is -3.63. The van der Waals surface area contributed by atoms with E-state index in [0.29, 0.717) is 10.5 Å². The number of Topliss-reactive ketones (excluding diaryl/α,β-unsaturated/α-hetero) is 1. The van der Waals surface area contributed by atoms with Gasteiger partial charge in [-0.25, -0.2) is 8.42 Å². The van der Waals surface area contributed by atoms with Crippen LogP contribution in [0.5, 0.6) is 0 Å². The van der Waals surface area contributed by atoms with Crippen molar-refractivity contribution in [2.45, 2.75) is 30.7 Å². The number of hydrogen-bond acceptors (Lipinski definition) is 3. The van der Waals surface area contributed by atoms with Gasteiger partial charge in [0.15, 0.2) is 5.78 Å². The Morgan fingerprint density at radius 1 is 1.04 bits per heavy atom. The summed E-state index contributed by atoms with van der Waals surface area (Å²) in [6.07, 6.45) is 5.72. The molecule has 2 aromatic carbocycles. The first kappa shape index (κ1) is 18.1. The van der Waals surface area contributed by atoms with Crippen LogP contribution < -0.4 is 0 Å². The van der Waals surface area contributed by atoms with E-state index in [1.807, 2.05) is 43.3 Å². The summed E-state index contributed by atoms with van der Waals surface area (Å²) in [5, 5.41) is 0. The molecule has 0 aromatic heterocycles. The topological polar surface area (TPSA) is 54.5 Å². The van der Waals surface area contributed by atoms with Gasteiger partial charge in [0.25, 0.3) is 0 Å². The maximum Gasteiger partial charge on any atom is 0.243 e. The van der Waals surface area contributed by atoms with E-state index in [1.54, 1.807) is 28.6 Å². The predicted molar refractivity (Wildman–Crippen MR) is 105 cm³/mol. The third kappa shape index (κ3) is 3.26. The van der Waals surface area contributed by atoms with Crippen LogP contribution in [0.2, 0.25) is 0 Å². The van der Waals surface area contributed by atoms with Gasteiger partial charge in [0, 0.05) is 30.0 Å². The lowest BCUT2D eigenvalue weighted by Gasteiger charge is -2.28. The molecule has 2 aromatic rings. The van der Waals surface area contributed by atoms with Crippen molar-refractivity contribution in [3.8, 4) is 0 Å². The maximum absolute atomic E-state index is 13.3. The lowest BCUT2D eigenvalue weighted by atomic mass is 9.81. The van der Waals surface area contributed by atoms with Crippen molar-refractivity contribution in [2.75, 3.05) is 6.54 Å². The molecule has 3 atom stereocenters. The second-order valence-corrected chi connectivity index (χ2v) is 9.27. The summed E-state index contributed by atoms with van der Waals surface area (Å²) in [6.45, 7) is 2.17. The second-order valence-electron chi connectivity index (χ2n) is 7.37. The van der Waals surface area contributed by atoms with E-state index in [-0.39, 0.29) is 30.2 Å². The molecule has 27 heavy (non-hydrogen) atoms. The Labute approximate surface area is 160 Å². The van der Waals surface area contributed by atoms with Gasteiger partial charge in [0.2, 0.25) is 10.0 Å². The molecule has 0 bridgehead atoms. The Bertz CT molecular complexity index is 964. The van der Waals surface area contributed by atoms with Crippen LogP contribution in [0.1, 0.15) is 28.8 Å². The molecular weight excluding hydrogens is 358 g/mol. The Morgan fingerprint density at radius 2 is 1.74 bits per heavy atom. The smallest absolute Gasteiger partial charge is 0.243 e. The number of aryl methyl sites for hydroxylation is 1. The normalized spacial score (nSPS) is 25.3. The van der Waals surface area contributed by atoms with Crippen LogP contribution in [0.3, 0.4) is 0 Å². The predicted octanol–water partition coefficient (Wildman–Crippen LogP) is 3.83. The summed E-state index contributed by atoms with van der Waals surface area (Å²) in [4.78, 5) is 13.4. The van der Waals surface area contributed by atoms with Gasteiger partial charge in [0.05, 0.1) is 4.90 Å². The van der Waals surface area contributed by atoms with Gasteiger partial charge in [-0.05, 0) is 31.9 Å². The Balaban J connectivity index is 1.69. The average Bonchev–Trinajstić information content (AvgIpc) is 3.09. The molecule has 0 saturated carbocycles. The minimum Gasteiger partial charge on any atom is -0.294 e. The standard InChI is InChI=1S/C22H23NO3S/c1-16-11-13-18(14-12-16)27(25,26)23-15-20(19-9-5-6-10-21(19)23)22(24)17-7-3-2-4-8-17/h2-5,7-9,11-14,19-21H,6,10,15H2,1H3/t19-,20+,21-/m1/s1. The van der Waals surface area contributed by atoms with Gasteiger partial charge in [-0.15, -0.1) is 0 Å². The average molecular weight is 381 g/mol. The third-order valence-electron chi connectivity index (χ3n) is 5.67. The lowest BCUT2D eigenvalue weighted by Crippen LogP contribution is -2.38. The number of ketones is 1. The molecule has 1 aliphatic carbocycles. The summed E-state index contributed by atoms with van der Waals surface area (Å²) >= 11 is 0. The first-order valence-corrected chi connectivity index (χ1v) is 10.8. The van der Waals surface area contributed by atoms with Crippen molar-refractivity contribution in [3.05, 3.63) is 77.9 Å². The molecule has 1 fully saturated rings. The summed E-state index contributed by atoms with van der Waals surface area (Å²) in [7, 11) is -3.63. The van der Waals surface area contributed by atoms with Gasteiger partial charge in [-0.1, -0.05) is 60.2 Å². The number of fused-ring (bicyclic) bond motifs is 1. The van der Waals surface area contributed by atoms with Crippen LogP contribution in [-0.4, -0.2) is 31.1 Å². The van der Waals surface area contributed by atoms with Crippen LogP contribution in [0.15, 0.2) is 71.6 Å². The number of rotatable bonds is 4. The maximum atomic E-state index is 13.3. The highest BCUT2D eigenvalue weighted by atomic mass is 32.2. The molecule has 0 amide bonds. The molecular formula is C22H23NO3S. The minimum absolute atomic E-state index is 0.0266. The summed E-state index contributed by atoms with van der Waals surface area (Å²) in [6, 6.07) is 16.0. The number of hydrogen-bond donors (Lipinski definition) is 0. The van der Waals surface area contributed by atoms with Crippen molar-refractivity contribution < 1.29 is 13.2 Å². The third-order valence-corrected chi connectivity index (χ3v) is 7.57. The number of nitrogens with zero attached hydrogens (tertiary/aromatic N) is 1. The summed E-state index contributed by atoms with van der Waals surface area (Å²) in [5.41, 5.74) is 1.67. The zero-order chi connectivity index (χ0) is 19.0. The highest BCUT2D eigenvalue weighted by Crippen LogP contribution is 2.41. The molecule has 0 N–H and O–H groups in total. The van der Waals surface area contributed by atoms with E-state index >= 15 is 0 Å². The molecule has 2 aliphatic rings. The van der Waals surface area contributed by atoms with Gasteiger partial charge in [0.1, 0.15) is 0 Å². The molecule has 4 rings (SSSR count). The fourth-order valence-electron chi connectivity index (χ4n) is 4.23. The Kier molecular flexibility index (Phi) is 4.74. The summed E-state index contributed by atoms with van der Waals surface area (Å²) < 4.78 is 28.2. The molecule has 140 valence electrons. The van der Waals surface area contributed by atoms with E-state index in [2.05, 4.69) is 6.08 Å². The number of carbonyl (C=O) groups is 1. The van der Waals surface area contributed by atoms with Crippen molar-refractivity contribution in [1.82, 2.24) is 4.31 Å². The second kappa shape index (κ2) is 7.06. The van der Waals surface area contributed by atoms with Crippen molar-refractivity contribution in [2.24, 2.45) is 11.8 Å². The zero-order valence-corrected chi connectivity index (χ0v) is 16.1. The molecule has 1 aliphatic heterocycles. The van der Waals surface area contributed by atoms with E-state index < -0.39 is 10.0 Å². The lowest BCUT2D eigenvalue weighted by molar-refractivity contribution is 0.0908. The molecule has 0 unspecified atom stereocenters. The Hall–Kier alpha value is -2.24. The van der Waals surface area contributed by atoms with E-state index in [1.165, 1.54) is 0 Å². The van der Waals surface area contributed by atoms with E-state index in [0.717, 1.165) is 18.4 Å². The SMILES string of the molecule is Cc1ccc(S(=O)(=O)N2C[C@H](C(=O)c3ccccc3)[C@H]3C=CCC[C@H]32)cc1. The van der Waals surface area contributed by atoms with Crippen LogP contribution in [-0.2, 0) is 10.0 Å². The largest absolute Gasteiger partial charge is 0.294 e. The fourth-order valence-corrected chi connectivity index (χ4v) is 5.94. The summed E-state index contributed by atoms with van der Waals surface area (Å²) in [5.74, 6) is -0.375. The highest BCUT2D eigenvalue weighted by molar-refractivity contribution is 7.89. The quantitative estimate of drug-likeness (QED) is 0.597. The van der Waals surface area contributed by atoms with Crippen LogP contribution in [0.4, 0.5) is 0 Å². The fraction of sp³-hybridized carbons (Fsp3) is 0.318. The van der Waals surface area contributed by atoms with Crippen LogP contribution in [0, 0.1) is 18.8 Å². The molecule has 1 saturated heterocycles. The van der Waals surface area contributed by atoms with Gasteiger partial charge < -0.3 is 0 Å². The number of benzene rings is 2.